The molecule has 3 atom stereocenters. The first kappa shape index (κ1) is 12.6. The third kappa shape index (κ3) is 2.05. The van der Waals surface area contributed by atoms with Crippen molar-refractivity contribution in [3.05, 3.63) is 0 Å². The Morgan fingerprint density at radius 3 is 2.11 bits per heavy atom. The molecule has 1 heterocycles. The van der Waals surface area contributed by atoms with Crippen molar-refractivity contribution in [2.45, 2.75) is 63.6 Å². The van der Waals surface area contributed by atoms with Crippen molar-refractivity contribution in [2.75, 3.05) is 13.2 Å². The van der Waals surface area contributed by atoms with Crippen molar-refractivity contribution in [1.29, 1.82) is 0 Å². The molecule has 3 nitrogen and oxygen atoms in total. The van der Waals surface area contributed by atoms with Gasteiger partial charge in [-0.3, -0.25) is 0 Å². The average Bonchev–Trinajstić information content (AvgIpc) is 2.73. The molecule has 2 N–H and O–H groups in total. The Kier molecular flexibility index (Phi) is 2.95. The minimum Gasteiger partial charge on any atom is -0.389 e. The van der Waals surface area contributed by atoms with Crippen LogP contribution in [0.25, 0.3) is 0 Å². The molecule has 0 radical (unpaired) electrons. The van der Waals surface area contributed by atoms with E-state index < -0.39 is 0 Å². The third-order valence-corrected chi connectivity index (χ3v) is 6.52. The number of aliphatic hydroxyl groups is 1. The molecule has 4 bridgehead atoms. The van der Waals surface area contributed by atoms with E-state index in [2.05, 4.69) is 12.2 Å². The molecule has 3 heteroatoms. The lowest BCUT2D eigenvalue weighted by Gasteiger charge is -2.59. The second kappa shape index (κ2) is 4.44. The minimum absolute atomic E-state index is 0.156. The molecular formula is C16H27NO2. The van der Waals surface area contributed by atoms with Crippen LogP contribution in [0, 0.1) is 23.2 Å². The van der Waals surface area contributed by atoms with Crippen LogP contribution < -0.4 is 5.32 Å². The molecule has 0 spiro atoms. The second-order valence-corrected chi connectivity index (χ2v) is 7.88. The summed E-state index contributed by atoms with van der Waals surface area (Å²) in [4.78, 5) is 0. The highest BCUT2D eigenvalue weighted by Crippen LogP contribution is 2.61. The van der Waals surface area contributed by atoms with Crippen molar-refractivity contribution in [3.63, 3.8) is 0 Å². The van der Waals surface area contributed by atoms with Gasteiger partial charge < -0.3 is 15.2 Å². The third-order valence-electron chi connectivity index (χ3n) is 6.52. The van der Waals surface area contributed by atoms with Crippen LogP contribution in [0.3, 0.4) is 0 Å². The summed E-state index contributed by atoms with van der Waals surface area (Å²) in [5, 5.41) is 13.6. The fourth-order valence-corrected chi connectivity index (χ4v) is 5.91. The van der Waals surface area contributed by atoms with E-state index in [0.29, 0.717) is 24.7 Å². The maximum absolute atomic E-state index is 9.93. The SMILES string of the molecule is CC(NC1COCC1O)C12CC3CC(CC(C3)C1)C2. The molecule has 5 rings (SSSR count). The van der Waals surface area contributed by atoms with Crippen LogP contribution >= 0.6 is 0 Å². The highest BCUT2D eigenvalue weighted by atomic mass is 16.5. The zero-order valence-electron chi connectivity index (χ0n) is 12.0. The number of nitrogens with one attached hydrogen (secondary N) is 1. The zero-order valence-corrected chi connectivity index (χ0v) is 12.0. The normalized spacial score (nSPS) is 53.7. The van der Waals surface area contributed by atoms with Crippen molar-refractivity contribution >= 4 is 0 Å². The first-order valence-electron chi connectivity index (χ1n) is 8.16. The lowest BCUT2D eigenvalue weighted by Crippen LogP contribution is -2.58. The standard InChI is InChI=1S/C16H27NO2/c1-10(17-14-8-19-9-15(14)18)16-5-11-2-12(6-16)4-13(3-11)7-16/h10-15,17-18H,2-9H2,1H3. The van der Waals surface area contributed by atoms with E-state index in [0.717, 1.165) is 17.8 Å². The summed E-state index contributed by atoms with van der Waals surface area (Å²) in [6, 6.07) is 0.685. The molecule has 5 fully saturated rings. The second-order valence-electron chi connectivity index (χ2n) is 7.88. The molecule has 108 valence electrons. The molecule has 1 aliphatic heterocycles. The van der Waals surface area contributed by atoms with Crippen molar-refractivity contribution in [1.82, 2.24) is 5.32 Å². The Balaban J connectivity index is 1.48. The molecule has 19 heavy (non-hydrogen) atoms. The van der Waals surface area contributed by atoms with Crippen LogP contribution in [0.1, 0.15) is 45.4 Å². The average molecular weight is 265 g/mol. The van der Waals surface area contributed by atoms with E-state index in [1.165, 1.54) is 38.5 Å². The molecular weight excluding hydrogens is 238 g/mol. The Hall–Kier alpha value is -0.120. The van der Waals surface area contributed by atoms with E-state index in [1.54, 1.807) is 0 Å². The van der Waals surface area contributed by atoms with Gasteiger partial charge in [0.15, 0.2) is 0 Å². The monoisotopic (exact) mass is 265 g/mol. The summed E-state index contributed by atoms with van der Waals surface area (Å²) in [6.07, 6.45) is 8.48. The number of ether oxygens (including phenoxy) is 1. The van der Waals surface area contributed by atoms with Gasteiger partial charge in [-0.2, -0.15) is 0 Å². The number of hydrogen-bond donors (Lipinski definition) is 2. The van der Waals surface area contributed by atoms with Crippen LogP contribution in [-0.4, -0.2) is 36.5 Å². The van der Waals surface area contributed by atoms with E-state index in [1.807, 2.05) is 0 Å². The molecule has 1 saturated heterocycles. The molecule has 3 unspecified atom stereocenters. The van der Waals surface area contributed by atoms with Gasteiger partial charge >= 0.3 is 0 Å². The number of hydrogen-bond acceptors (Lipinski definition) is 3. The van der Waals surface area contributed by atoms with Gasteiger partial charge in [-0.15, -0.1) is 0 Å². The Bertz CT molecular complexity index is 321. The highest BCUT2D eigenvalue weighted by molar-refractivity contribution is 5.06. The largest absolute Gasteiger partial charge is 0.389 e. The first-order valence-corrected chi connectivity index (χ1v) is 8.16. The van der Waals surface area contributed by atoms with Gasteiger partial charge in [0, 0.05) is 6.04 Å². The molecule has 5 aliphatic rings. The molecule has 0 aromatic heterocycles. The maximum Gasteiger partial charge on any atom is 0.0948 e. The maximum atomic E-state index is 9.93. The van der Waals surface area contributed by atoms with Gasteiger partial charge in [0.2, 0.25) is 0 Å². The first-order chi connectivity index (χ1) is 9.14. The molecule has 4 saturated carbocycles. The summed E-state index contributed by atoms with van der Waals surface area (Å²) >= 11 is 0. The summed E-state index contributed by atoms with van der Waals surface area (Å²) in [5.74, 6) is 3.00. The molecule has 0 aromatic carbocycles. The molecule has 0 aromatic rings. The Morgan fingerprint density at radius 2 is 1.63 bits per heavy atom. The predicted molar refractivity (Wildman–Crippen MR) is 73.8 cm³/mol. The van der Waals surface area contributed by atoms with Crippen LogP contribution in [0.2, 0.25) is 0 Å². The fraction of sp³-hybridized carbons (Fsp3) is 1.00. The molecule has 0 amide bonds. The van der Waals surface area contributed by atoms with Crippen LogP contribution in [0.5, 0.6) is 0 Å². The fourth-order valence-electron chi connectivity index (χ4n) is 5.91. The van der Waals surface area contributed by atoms with Crippen molar-refractivity contribution < 1.29 is 9.84 Å². The quantitative estimate of drug-likeness (QED) is 0.819. The van der Waals surface area contributed by atoms with Gasteiger partial charge in [0.25, 0.3) is 0 Å². The van der Waals surface area contributed by atoms with E-state index in [-0.39, 0.29) is 12.1 Å². The van der Waals surface area contributed by atoms with Crippen molar-refractivity contribution in [2.24, 2.45) is 23.2 Å². The Morgan fingerprint density at radius 1 is 1.05 bits per heavy atom. The zero-order chi connectivity index (χ0) is 13.0. The highest BCUT2D eigenvalue weighted by Gasteiger charge is 2.53. The van der Waals surface area contributed by atoms with Gasteiger partial charge in [0.1, 0.15) is 0 Å². The van der Waals surface area contributed by atoms with Crippen LogP contribution in [0.15, 0.2) is 0 Å². The number of aliphatic hydroxyl groups excluding tert-OH is 1. The minimum atomic E-state index is -0.309. The lowest BCUT2D eigenvalue weighted by molar-refractivity contribution is -0.0736. The molecule has 4 aliphatic carbocycles. The van der Waals surface area contributed by atoms with E-state index in [4.69, 9.17) is 4.74 Å². The van der Waals surface area contributed by atoms with Crippen LogP contribution in [0.4, 0.5) is 0 Å². The van der Waals surface area contributed by atoms with Gasteiger partial charge in [-0.25, -0.2) is 0 Å². The lowest BCUT2D eigenvalue weighted by atomic mass is 9.48. The van der Waals surface area contributed by atoms with Gasteiger partial charge in [-0.1, -0.05) is 0 Å². The van der Waals surface area contributed by atoms with Crippen LogP contribution in [-0.2, 0) is 4.74 Å². The smallest absolute Gasteiger partial charge is 0.0948 e. The summed E-state index contributed by atoms with van der Waals surface area (Å²) in [5.41, 5.74) is 0.525. The topological polar surface area (TPSA) is 41.5 Å². The van der Waals surface area contributed by atoms with E-state index >= 15 is 0 Å². The van der Waals surface area contributed by atoms with E-state index in [9.17, 15) is 5.11 Å². The summed E-state index contributed by atoms with van der Waals surface area (Å²) < 4.78 is 5.38. The van der Waals surface area contributed by atoms with Gasteiger partial charge in [0.05, 0.1) is 25.4 Å². The van der Waals surface area contributed by atoms with Crippen molar-refractivity contribution in [3.8, 4) is 0 Å². The summed E-state index contributed by atoms with van der Waals surface area (Å²) in [7, 11) is 0. The number of rotatable bonds is 3. The predicted octanol–water partition coefficient (Wildman–Crippen LogP) is 1.94. The van der Waals surface area contributed by atoms with Gasteiger partial charge in [-0.05, 0) is 68.6 Å². The Labute approximate surface area is 116 Å². The summed E-state index contributed by atoms with van der Waals surface area (Å²) in [6.45, 7) is 3.54.